The lowest BCUT2D eigenvalue weighted by molar-refractivity contribution is 0.0694. The van der Waals surface area contributed by atoms with Gasteiger partial charge in [-0.05, 0) is 11.6 Å². The molecule has 1 aromatic carbocycles. The molecule has 0 unspecified atom stereocenters. The number of hydrogen-bond acceptors (Lipinski definition) is 2. The van der Waals surface area contributed by atoms with Gasteiger partial charge in [-0.3, -0.25) is 4.90 Å². The van der Waals surface area contributed by atoms with E-state index in [1.807, 2.05) is 12.1 Å². The van der Waals surface area contributed by atoms with Crippen LogP contribution in [0.5, 0.6) is 0 Å². The lowest BCUT2D eigenvalue weighted by Gasteiger charge is -2.15. The van der Waals surface area contributed by atoms with E-state index in [1.165, 1.54) is 0 Å². The lowest BCUT2D eigenvalue weighted by Crippen LogP contribution is -2.20. The quantitative estimate of drug-likeness (QED) is 0.761. The molecule has 2 rings (SSSR count). The van der Waals surface area contributed by atoms with Crippen LogP contribution >= 0.6 is 0 Å². The second kappa shape index (κ2) is 4.28. The Hall–Kier alpha value is -1.61. The molecule has 0 radical (unpaired) electrons. The smallest absolute Gasteiger partial charge is 0.336 e. The van der Waals surface area contributed by atoms with Crippen molar-refractivity contribution in [3.05, 3.63) is 47.5 Å². The molecule has 78 valence electrons. The third kappa shape index (κ3) is 2.25. The van der Waals surface area contributed by atoms with Gasteiger partial charge in [0.15, 0.2) is 0 Å². The van der Waals surface area contributed by atoms with Crippen molar-refractivity contribution < 1.29 is 9.90 Å². The van der Waals surface area contributed by atoms with Crippen LogP contribution in [0.4, 0.5) is 0 Å². The summed E-state index contributed by atoms with van der Waals surface area (Å²) in [6, 6.07) is 7.17. The summed E-state index contributed by atoms with van der Waals surface area (Å²) in [5, 5.41) is 9.01. The molecule has 0 bridgehead atoms. The van der Waals surface area contributed by atoms with Crippen LogP contribution in [0, 0.1) is 0 Å². The van der Waals surface area contributed by atoms with Crippen molar-refractivity contribution in [3.8, 4) is 0 Å². The van der Waals surface area contributed by atoms with E-state index in [0.29, 0.717) is 12.1 Å². The fourth-order valence-corrected chi connectivity index (χ4v) is 1.76. The number of carboxylic acids is 1. The molecule has 0 aromatic heterocycles. The average molecular weight is 203 g/mol. The highest BCUT2D eigenvalue weighted by Crippen LogP contribution is 2.13. The first kappa shape index (κ1) is 9.93. The summed E-state index contributed by atoms with van der Waals surface area (Å²) in [7, 11) is 0. The van der Waals surface area contributed by atoms with E-state index < -0.39 is 5.97 Å². The number of carboxylic acid groups (broad SMARTS) is 1. The minimum absolute atomic E-state index is 0.407. The van der Waals surface area contributed by atoms with Gasteiger partial charge in [-0.1, -0.05) is 30.4 Å². The fraction of sp³-hybridized carbons (Fsp3) is 0.250. The van der Waals surface area contributed by atoms with Gasteiger partial charge in [-0.25, -0.2) is 4.79 Å². The zero-order valence-electron chi connectivity index (χ0n) is 8.39. The fourth-order valence-electron chi connectivity index (χ4n) is 1.76. The highest BCUT2D eigenvalue weighted by Gasteiger charge is 2.13. The third-order valence-corrected chi connectivity index (χ3v) is 2.54. The zero-order valence-corrected chi connectivity index (χ0v) is 8.39. The Morgan fingerprint density at radius 1 is 1.27 bits per heavy atom. The minimum Gasteiger partial charge on any atom is -0.478 e. The van der Waals surface area contributed by atoms with Crippen LogP contribution in [0.15, 0.2) is 36.4 Å². The molecule has 1 heterocycles. The Balaban J connectivity index is 2.16. The number of hydrogen-bond donors (Lipinski definition) is 1. The van der Waals surface area contributed by atoms with Crippen molar-refractivity contribution in [1.82, 2.24) is 4.90 Å². The van der Waals surface area contributed by atoms with Crippen LogP contribution < -0.4 is 0 Å². The maximum absolute atomic E-state index is 11.0. The zero-order chi connectivity index (χ0) is 10.7. The van der Waals surface area contributed by atoms with Crippen molar-refractivity contribution in [2.75, 3.05) is 13.1 Å². The number of nitrogens with zero attached hydrogens (tertiary/aromatic N) is 1. The maximum Gasteiger partial charge on any atom is 0.336 e. The highest BCUT2D eigenvalue weighted by molar-refractivity contribution is 5.89. The Morgan fingerprint density at radius 3 is 2.60 bits per heavy atom. The summed E-state index contributed by atoms with van der Waals surface area (Å²) in [5.41, 5.74) is 1.29. The maximum atomic E-state index is 11.0. The Bertz CT molecular complexity index is 390. The first-order chi connectivity index (χ1) is 7.27. The van der Waals surface area contributed by atoms with Crippen LogP contribution in [-0.4, -0.2) is 29.1 Å². The summed E-state index contributed by atoms with van der Waals surface area (Å²) in [4.78, 5) is 13.2. The van der Waals surface area contributed by atoms with E-state index in [1.54, 1.807) is 12.1 Å². The first-order valence-electron chi connectivity index (χ1n) is 4.96. The number of aromatic carboxylic acids is 1. The molecule has 0 spiro atoms. The van der Waals surface area contributed by atoms with E-state index in [4.69, 9.17) is 5.11 Å². The predicted octanol–water partition coefficient (Wildman–Crippen LogP) is 1.76. The van der Waals surface area contributed by atoms with Gasteiger partial charge in [0.2, 0.25) is 0 Å². The lowest BCUT2D eigenvalue weighted by atomic mass is 10.1. The Kier molecular flexibility index (Phi) is 2.83. The third-order valence-electron chi connectivity index (χ3n) is 2.54. The van der Waals surface area contributed by atoms with Crippen LogP contribution in [0.2, 0.25) is 0 Å². The van der Waals surface area contributed by atoms with Crippen molar-refractivity contribution in [1.29, 1.82) is 0 Å². The molecular weight excluding hydrogens is 190 g/mol. The van der Waals surface area contributed by atoms with Crippen LogP contribution in [-0.2, 0) is 6.54 Å². The van der Waals surface area contributed by atoms with E-state index in [-0.39, 0.29) is 0 Å². The average Bonchev–Trinajstić information content (AvgIpc) is 2.71. The van der Waals surface area contributed by atoms with Gasteiger partial charge in [-0.15, -0.1) is 0 Å². The molecule has 0 fully saturated rings. The molecule has 3 heteroatoms. The molecular formula is C12H13NO2. The molecule has 0 saturated carbocycles. The summed E-state index contributed by atoms with van der Waals surface area (Å²) >= 11 is 0. The summed E-state index contributed by atoms with van der Waals surface area (Å²) in [5.74, 6) is -0.849. The van der Waals surface area contributed by atoms with Crippen LogP contribution in [0.1, 0.15) is 15.9 Å². The molecule has 1 aliphatic rings. The van der Waals surface area contributed by atoms with Crippen molar-refractivity contribution in [2.45, 2.75) is 6.54 Å². The number of carbonyl (C=O) groups is 1. The Morgan fingerprint density at radius 2 is 1.93 bits per heavy atom. The molecule has 0 amide bonds. The van der Waals surface area contributed by atoms with Crippen molar-refractivity contribution in [2.24, 2.45) is 0 Å². The van der Waals surface area contributed by atoms with E-state index >= 15 is 0 Å². The van der Waals surface area contributed by atoms with Gasteiger partial charge >= 0.3 is 5.97 Å². The van der Waals surface area contributed by atoms with Crippen LogP contribution in [0.3, 0.4) is 0 Å². The monoisotopic (exact) mass is 203 g/mol. The van der Waals surface area contributed by atoms with E-state index in [2.05, 4.69) is 17.1 Å². The number of benzene rings is 1. The van der Waals surface area contributed by atoms with Gasteiger partial charge in [0.05, 0.1) is 5.56 Å². The molecule has 1 aliphatic heterocycles. The van der Waals surface area contributed by atoms with Gasteiger partial charge in [0.1, 0.15) is 0 Å². The summed E-state index contributed by atoms with van der Waals surface area (Å²) in [6.07, 6.45) is 4.20. The van der Waals surface area contributed by atoms with E-state index in [0.717, 1.165) is 18.7 Å². The van der Waals surface area contributed by atoms with Crippen LogP contribution in [0.25, 0.3) is 0 Å². The SMILES string of the molecule is O=C(O)c1ccccc1CN1CC=CC1. The summed E-state index contributed by atoms with van der Waals surface area (Å²) in [6.45, 7) is 2.53. The molecule has 3 nitrogen and oxygen atoms in total. The predicted molar refractivity (Wildman–Crippen MR) is 57.8 cm³/mol. The van der Waals surface area contributed by atoms with E-state index in [9.17, 15) is 4.79 Å². The molecule has 0 saturated heterocycles. The van der Waals surface area contributed by atoms with Gasteiger partial charge in [0, 0.05) is 19.6 Å². The molecule has 1 aromatic rings. The highest BCUT2D eigenvalue weighted by atomic mass is 16.4. The van der Waals surface area contributed by atoms with Gasteiger partial charge < -0.3 is 5.11 Å². The second-order valence-corrected chi connectivity index (χ2v) is 3.63. The topological polar surface area (TPSA) is 40.5 Å². The number of rotatable bonds is 3. The molecule has 1 N–H and O–H groups in total. The molecule has 0 aliphatic carbocycles. The first-order valence-corrected chi connectivity index (χ1v) is 4.96. The molecule has 15 heavy (non-hydrogen) atoms. The summed E-state index contributed by atoms with van der Waals surface area (Å²) < 4.78 is 0. The largest absolute Gasteiger partial charge is 0.478 e. The standard InChI is InChI=1S/C12H13NO2/c14-12(15)11-6-2-1-5-10(11)9-13-7-3-4-8-13/h1-6H,7-9H2,(H,14,15). The van der Waals surface area contributed by atoms with Crippen molar-refractivity contribution in [3.63, 3.8) is 0 Å². The molecule has 0 atom stereocenters. The normalized spacial score (nSPS) is 15.7. The van der Waals surface area contributed by atoms with Crippen molar-refractivity contribution >= 4 is 5.97 Å². The second-order valence-electron chi connectivity index (χ2n) is 3.63. The minimum atomic E-state index is -0.849. The Labute approximate surface area is 88.6 Å². The van der Waals surface area contributed by atoms with Gasteiger partial charge in [0.25, 0.3) is 0 Å². The van der Waals surface area contributed by atoms with Gasteiger partial charge in [-0.2, -0.15) is 0 Å².